The van der Waals surface area contributed by atoms with Crippen LogP contribution >= 0.6 is 0 Å². The van der Waals surface area contributed by atoms with Crippen LogP contribution in [0, 0.1) is 18.8 Å². The molecular weight excluding hydrogens is 268 g/mol. The van der Waals surface area contributed by atoms with Gasteiger partial charge in [0.15, 0.2) is 0 Å². The SMILES string of the molecule is Cc1cc(C(=O)N2CCOCC2CO)ccc1C#CCN. The minimum Gasteiger partial charge on any atom is -0.394 e. The molecule has 1 aromatic carbocycles. The number of nitrogens with zero attached hydrogens (tertiary/aromatic N) is 1. The van der Waals surface area contributed by atoms with E-state index in [0.29, 0.717) is 31.9 Å². The number of amides is 1. The van der Waals surface area contributed by atoms with E-state index in [4.69, 9.17) is 10.5 Å². The van der Waals surface area contributed by atoms with Gasteiger partial charge in [-0.3, -0.25) is 4.79 Å². The molecule has 1 aromatic rings. The molecule has 5 nitrogen and oxygen atoms in total. The average molecular weight is 288 g/mol. The maximum atomic E-state index is 12.5. The third-order valence-electron chi connectivity index (χ3n) is 3.50. The number of aliphatic hydroxyl groups is 1. The Morgan fingerprint density at radius 2 is 2.38 bits per heavy atom. The molecule has 1 atom stereocenters. The fourth-order valence-electron chi connectivity index (χ4n) is 2.32. The molecule has 1 unspecified atom stereocenters. The molecule has 1 saturated heterocycles. The molecular formula is C16H20N2O3. The summed E-state index contributed by atoms with van der Waals surface area (Å²) in [6, 6.07) is 5.15. The van der Waals surface area contributed by atoms with Gasteiger partial charge in [-0.2, -0.15) is 0 Å². The summed E-state index contributed by atoms with van der Waals surface area (Å²) < 4.78 is 5.29. The molecule has 0 radical (unpaired) electrons. The summed E-state index contributed by atoms with van der Waals surface area (Å²) in [5.41, 5.74) is 7.78. The van der Waals surface area contributed by atoms with Gasteiger partial charge in [0, 0.05) is 17.7 Å². The first-order valence-corrected chi connectivity index (χ1v) is 6.96. The van der Waals surface area contributed by atoms with Crippen LogP contribution < -0.4 is 5.73 Å². The van der Waals surface area contributed by atoms with Crippen LogP contribution in [0.4, 0.5) is 0 Å². The number of hydrogen-bond donors (Lipinski definition) is 2. The summed E-state index contributed by atoms with van der Waals surface area (Å²) in [4.78, 5) is 14.2. The number of ether oxygens (including phenoxy) is 1. The van der Waals surface area contributed by atoms with Crippen LogP contribution in [-0.4, -0.2) is 54.9 Å². The van der Waals surface area contributed by atoms with Gasteiger partial charge in [-0.25, -0.2) is 0 Å². The zero-order valence-corrected chi connectivity index (χ0v) is 12.1. The van der Waals surface area contributed by atoms with Gasteiger partial charge in [0.1, 0.15) is 0 Å². The van der Waals surface area contributed by atoms with Gasteiger partial charge < -0.3 is 20.5 Å². The van der Waals surface area contributed by atoms with E-state index in [1.165, 1.54) is 0 Å². The van der Waals surface area contributed by atoms with Crippen LogP contribution in [0.2, 0.25) is 0 Å². The number of carbonyl (C=O) groups is 1. The quantitative estimate of drug-likeness (QED) is 0.759. The third kappa shape index (κ3) is 3.61. The molecule has 0 saturated carbocycles. The zero-order valence-electron chi connectivity index (χ0n) is 12.1. The smallest absolute Gasteiger partial charge is 0.254 e. The Balaban J connectivity index is 2.21. The lowest BCUT2D eigenvalue weighted by molar-refractivity contribution is -0.0183. The van der Waals surface area contributed by atoms with Crippen molar-refractivity contribution in [3.05, 3.63) is 34.9 Å². The Kier molecular flexibility index (Phi) is 5.34. The van der Waals surface area contributed by atoms with Gasteiger partial charge in [0.25, 0.3) is 5.91 Å². The lowest BCUT2D eigenvalue weighted by Gasteiger charge is -2.34. The first-order chi connectivity index (χ1) is 10.2. The zero-order chi connectivity index (χ0) is 15.2. The van der Waals surface area contributed by atoms with E-state index in [0.717, 1.165) is 11.1 Å². The maximum Gasteiger partial charge on any atom is 0.254 e. The fourth-order valence-corrected chi connectivity index (χ4v) is 2.32. The van der Waals surface area contributed by atoms with Crippen molar-refractivity contribution in [2.45, 2.75) is 13.0 Å². The Morgan fingerprint density at radius 3 is 3.05 bits per heavy atom. The summed E-state index contributed by atoms with van der Waals surface area (Å²) in [7, 11) is 0. The molecule has 1 aliphatic rings. The number of hydrogen-bond acceptors (Lipinski definition) is 4. The molecule has 1 aliphatic heterocycles. The lowest BCUT2D eigenvalue weighted by Crippen LogP contribution is -2.50. The summed E-state index contributed by atoms with van der Waals surface area (Å²) in [6.07, 6.45) is 0. The van der Waals surface area contributed by atoms with Gasteiger partial charge in [-0.05, 0) is 30.7 Å². The Hall–Kier alpha value is -1.87. The number of nitrogens with two attached hydrogens (primary N) is 1. The second-order valence-electron chi connectivity index (χ2n) is 4.95. The molecule has 0 bridgehead atoms. The van der Waals surface area contributed by atoms with Crippen LogP contribution in [-0.2, 0) is 4.74 Å². The highest BCUT2D eigenvalue weighted by Gasteiger charge is 2.27. The van der Waals surface area contributed by atoms with E-state index < -0.39 is 0 Å². The maximum absolute atomic E-state index is 12.5. The Labute approximate surface area is 124 Å². The fraction of sp³-hybridized carbons (Fsp3) is 0.438. The van der Waals surface area contributed by atoms with Gasteiger partial charge in [-0.15, -0.1) is 0 Å². The number of aliphatic hydroxyl groups excluding tert-OH is 1. The normalized spacial score (nSPS) is 18.0. The average Bonchev–Trinajstić information content (AvgIpc) is 2.53. The van der Waals surface area contributed by atoms with E-state index in [9.17, 15) is 9.90 Å². The molecule has 0 aromatic heterocycles. The van der Waals surface area contributed by atoms with Gasteiger partial charge >= 0.3 is 0 Å². The van der Waals surface area contributed by atoms with Crippen molar-refractivity contribution in [3.63, 3.8) is 0 Å². The van der Waals surface area contributed by atoms with Crippen molar-refractivity contribution in [1.29, 1.82) is 0 Å². The van der Waals surface area contributed by atoms with Crippen LogP contribution in [0.5, 0.6) is 0 Å². The molecule has 2 rings (SSSR count). The lowest BCUT2D eigenvalue weighted by atomic mass is 10.0. The van der Waals surface area contributed by atoms with Gasteiger partial charge in [-0.1, -0.05) is 11.8 Å². The minimum atomic E-state index is -0.275. The van der Waals surface area contributed by atoms with E-state index in [1.54, 1.807) is 11.0 Å². The molecule has 5 heteroatoms. The van der Waals surface area contributed by atoms with Crippen molar-refractivity contribution in [3.8, 4) is 11.8 Å². The standard InChI is InChI=1S/C16H20N2O3/c1-12-9-14(5-4-13(12)3-2-6-17)16(20)18-7-8-21-11-15(18)10-19/h4-5,9,15,19H,6-8,10-11,17H2,1H3. The molecule has 21 heavy (non-hydrogen) atoms. The first-order valence-electron chi connectivity index (χ1n) is 6.96. The van der Waals surface area contributed by atoms with E-state index in [1.807, 2.05) is 19.1 Å². The van der Waals surface area contributed by atoms with E-state index in [-0.39, 0.29) is 18.6 Å². The van der Waals surface area contributed by atoms with Crippen molar-refractivity contribution >= 4 is 5.91 Å². The summed E-state index contributed by atoms with van der Waals surface area (Å²) in [5, 5.41) is 9.35. The predicted octanol–water partition coefficient (Wildman–Crippen LogP) is 0.139. The van der Waals surface area contributed by atoms with Gasteiger partial charge in [0.05, 0.1) is 32.4 Å². The van der Waals surface area contributed by atoms with Gasteiger partial charge in [0.2, 0.25) is 0 Å². The van der Waals surface area contributed by atoms with Crippen LogP contribution in [0.3, 0.4) is 0 Å². The molecule has 112 valence electrons. The van der Waals surface area contributed by atoms with Crippen molar-refractivity contribution in [1.82, 2.24) is 4.90 Å². The van der Waals surface area contributed by atoms with Crippen LogP contribution in [0.25, 0.3) is 0 Å². The number of benzene rings is 1. The minimum absolute atomic E-state index is 0.0845. The molecule has 0 spiro atoms. The molecule has 1 amide bonds. The highest BCUT2D eigenvalue weighted by atomic mass is 16.5. The Bertz CT molecular complexity index is 575. The second kappa shape index (κ2) is 7.23. The van der Waals surface area contributed by atoms with E-state index >= 15 is 0 Å². The number of aryl methyl sites for hydroxylation is 1. The second-order valence-corrected chi connectivity index (χ2v) is 4.95. The number of rotatable bonds is 2. The monoisotopic (exact) mass is 288 g/mol. The third-order valence-corrected chi connectivity index (χ3v) is 3.50. The summed E-state index contributed by atoms with van der Waals surface area (Å²) in [6.45, 7) is 3.51. The van der Waals surface area contributed by atoms with Crippen molar-refractivity contribution in [2.24, 2.45) is 5.73 Å². The summed E-state index contributed by atoms with van der Waals surface area (Å²) >= 11 is 0. The topological polar surface area (TPSA) is 75.8 Å². The Morgan fingerprint density at radius 1 is 1.57 bits per heavy atom. The number of carbonyl (C=O) groups excluding carboxylic acids is 1. The largest absolute Gasteiger partial charge is 0.394 e. The highest BCUT2D eigenvalue weighted by molar-refractivity contribution is 5.95. The molecule has 3 N–H and O–H groups in total. The first kappa shape index (κ1) is 15.5. The summed E-state index contributed by atoms with van der Waals surface area (Å²) in [5.74, 6) is 5.70. The van der Waals surface area contributed by atoms with Crippen molar-refractivity contribution in [2.75, 3.05) is 32.9 Å². The number of morpholine rings is 1. The van der Waals surface area contributed by atoms with Crippen LogP contribution in [0.15, 0.2) is 18.2 Å². The van der Waals surface area contributed by atoms with E-state index in [2.05, 4.69) is 11.8 Å². The molecule has 1 fully saturated rings. The molecule has 1 heterocycles. The predicted molar refractivity (Wildman–Crippen MR) is 79.8 cm³/mol. The highest BCUT2D eigenvalue weighted by Crippen LogP contribution is 2.15. The molecule has 0 aliphatic carbocycles. The van der Waals surface area contributed by atoms with Crippen LogP contribution in [0.1, 0.15) is 21.5 Å². The van der Waals surface area contributed by atoms with Crippen molar-refractivity contribution < 1.29 is 14.6 Å².